The van der Waals surface area contributed by atoms with Crippen LogP contribution >= 0.6 is 18.2 Å². The fourth-order valence-electron chi connectivity index (χ4n) is 5.70. The van der Waals surface area contributed by atoms with Crippen LogP contribution in [-0.2, 0) is 42.0 Å². The second kappa shape index (κ2) is 18.7. The number of imidazole rings is 1. The van der Waals surface area contributed by atoms with E-state index < -0.39 is 86.3 Å². The van der Waals surface area contributed by atoms with E-state index in [0.29, 0.717) is 22.5 Å². The summed E-state index contributed by atoms with van der Waals surface area (Å²) < 4.78 is 62.6. The summed E-state index contributed by atoms with van der Waals surface area (Å²) >= 11 is 0.488. The minimum atomic E-state index is -4.45. The molecule has 2 aliphatic rings. The largest absolute Gasteiger partial charge is 0.509 e. The average Bonchev–Trinajstić information content (AvgIpc) is 3.83. The Morgan fingerprint density at radius 1 is 1.13 bits per heavy atom. The first-order chi connectivity index (χ1) is 25.5. The Hall–Kier alpha value is -3.44. The maximum Gasteiger partial charge on any atom is 0.509 e. The highest BCUT2D eigenvalue weighted by Crippen LogP contribution is 2.63. The van der Waals surface area contributed by atoms with Crippen LogP contribution in [0.4, 0.5) is 10.6 Å². The summed E-state index contributed by atoms with van der Waals surface area (Å²) in [4.78, 5) is 51.4. The van der Waals surface area contributed by atoms with Gasteiger partial charge < -0.3 is 44.4 Å². The lowest BCUT2D eigenvalue weighted by Crippen LogP contribution is -2.41. The molecular weight excluding hydrogens is 745 g/mol. The molecule has 0 aliphatic carbocycles. The highest BCUT2D eigenvalue weighted by molar-refractivity contribution is 8.55. The van der Waals surface area contributed by atoms with Crippen molar-refractivity contribution >= 4 is 41.3 Å². The zero-order valence-electron chi connectivity index (χ0n) is 29.3. The first-order valence-corrected chi connectivity index (χ1v) is 20.0. The van der Waals surface area contributed by atoms with Crippen LogP contribution in [0.15, 0.2) is 34.5 Å². The number of aromatic amines is 1. The fourth-order valence-corrected chi connectivity index (χ4v) is 8.49. The van der Waals surface area contributed by atoms with Gasteiger partial charge in [-0.25, -0.2) is 29.1 Å². The molecule has 0 aromatic carbocycles. The highest BCUT2D eigenvalue weighted by Gasteiger charge is 2.51. The lowest BCUT2D eigenvalue weighted by atomic mass is 10.1. The number of aromatic nitrogens is 6. The number of hydrogen-bond acceptors (Lipinski definition) is 19. The first kappa shape index (κ1) is 40.7. The molecule has 5 N–H and O–H groups in total. The maximum atomic E-state index is 14.6. The Kier molecular flexibility index (Phi) is 14.4. The van der Waals surface area contributed by atoms with Gasteiger partial charge in [0.1, 0.15) is 42.5 Å². The Labute approximate surface area is 306 Å². The Bertz CT molecular complexity index is 1830. The van der Waals surface area contributed by atoms with E-state index >= 15 is 0 Å². The minimum absolute atomic E-state index is 0.0378. The number of carbonyl (C=O) groups is 1. The zero-order valence-corrected chi connectivity index (χ0v) is 31.0. The van der Waals surface area contributed by atoms with Crippen molar-refractivity contribution in [3.8, 4) is 0 Å². The van der Waals surface area contributed by atoms with E-state index in [1.165, 1.54) is 26.0 Å². The van der Waals surface area contributed by atoms with Crippen LogP contribution in [0.3, 0.4) is 0 Å². The van der Waals surface area contributed by atoms with Gasteiger partial charge in [0, 0.05) is 37.2 Å². The molecule has 5 heterocycles. The summed E-state index contributed by atoms with van der Waals surface area (Å²) in [6.45, 7) is -1.46. The molecule has 2 aliphatic heterocycles. The zero-order chi connectivity index (χ0) is 38.1. The molecule has 0 amide bonds. The quantitative estimate of drug-likeness (QED) is 0.0577. The number of nitrogens with zero attached hydrogens (tertiary/aromatic N) is 5. The van der Waals surface area contributed by atoms with Crippen molar-refractivity contribution in [1.29, 1.82) is 0 Å². The third-order valence-electron chi connectivity index (χ3n) is 8.72. The van der Waals surface area contributed by atoms with Crippen LogP contribution < -0.4 is 17.0 Å². The number of nitrogens with two attached hydrogens (primary N) is 1. The first-order valence-electron chi connectivity index (χ1n) is 16.8. The Morgan fingerprint density at radius 2 is 1.92 bits per heavy atom. The SMILES string of the molecule is CCC(CC)COC(=O)OCSP(=O)(OC[C@H]1O[C@@H](n2cnc3c(N)ncnc32)C[C@@H]1O)O[C@H]1[C@@H](OCCOC)[C@H](n2ccc(=O)[nH]c2=O)O[C@@H]1CO. The van der Waals surface area contributed by atoms with Crippen molar-refractivity contribution < 1.29 is 57.0 Å². The average molecular weight is 790 g/mol. The van der Waals surface area contributed by atoms with Gasteiger partial charge in [0.05, 0.1) is 45.5 Å². The van der Waals surface area contributed by atoms with Gasteiger partial charge in [-0.3, -0.25) is 28.0 Å². The normalized spacial score (nSPS) is 25.6. The number of anilines is 1. The molecule has 2 saturated heterocycles. The summed E-state index contributed by atoms with van der Waals surface area (Å²) in [7, 11) is 1.44. The number of nitrogen functional groups attached to an aromatic ring is 1. The molecule has 21 nitrogen and oxygen atoms in total. The molecule has 3 aromatic rings. The molecule has 0 bridgehead atoms. The predicted molar refractivity (Wildman–Crippen MR) is 186 cm³/mol. The van der Waals surface area contributed by atoms with E-state index in [4.69, 9.17) is 43.2 Å². The van der Waals surface area contributed by atoms with Gasteiger partial charge >= 0.3 is 18.6 Å². The van der Waals surface area contributed by atoms with Gasteiger partial charge in [-0.2, -0.15) is 0 Å². The van der Waals surface area contributed by atoms with Gasteiger partial charge in [-0.15, -0.1) is 0 Å². The maximum absolute atomic E-state index is 14.6. The van der Waals surface area contributed by atoms with E-state index in [0.717, 1.165) is 23.5 Å². The molecule has 5 rings (SSSR count). The standard InChI is InChI=1S/C30H44N7O14PS/c1-4-17(5-2)12-46-30(42)47-16-53-52(43,48-13-20-18(39)10-22(49-20)37-15-34-23-26(31)32-14-33-27(23)37)51-24-19(11-38)50-28(25(24)45-9-8-44-3)36-7-6-21(40)35-29(36)41/h6-7,14-15,17-20,22,24-25,28,38-39H,4-5,8-13,16H2,1-3H3,(H2,31,32,33)(H,35,40,41)/t18-,19+,20+,22+,24+,25+,28+,52?/m0/s1. The molecular formula is C30H44N7O14PS. The number of fused-ring (bicyclic) bond motifs is 1. The van der Waals surface area contributed by atoms with E-state index in [1.807, 2.05) is 13.8 Å². The number of methoxy groups -OCH3 is 1. The number of H-pyrrole nitrogens is 1. The summed E-state index contributed by atoms with van der Waals surface area (Å²) in [5, 5.41) is 21.3. The Morgan fingerprint density at radius 3 is 2.64 bits per heavy atom. The van der Waals surface area contributed by atoms with E-state index in [2.05, 4.69) is 19.9 Å². The van der Waals surface area contributed by atoms with Crippen LogP contribution in [0, 0.1) is 5.92 Å². The van der Waals surface area contributed by atoms with Crippen molar-refractivity contribution in [2.75, 3.05) is 51.8 Å². The molecule has 0 saturated carbocycles. The number of hydrogen-bond donors (Lipinski definition) is 4. The fraction of sp³-hybridized carbons (Fsp3) is 0.667. The van der Waals surface area contributed by atoms with Gasteiger partial charge in [0.2, 0.25) is 0 Å². The van der Waals surface area contributed by atoms with E-state index in [-0.39, 0.29) is 38.0 Å². The van der Waals surface area contributed by atoms with Gasteiger partial charge in [-0.1, -0.05) is 26.7 Å². The van der Waals surface area contributed by atoms with Crippen LogP contribution in [0.25, 0.3) is 11.2 Å². The summed E-state index contributed by atoms with van der Waals surface area (Å²) in [6, 6.07) is 1.09. The van der Waals surface area contributed by atoms with Gasteiger partial charge in [0.25, 0.3) is 5.56 Å². The molecule has 3 aromatic heterocycles. The lowest BCUT2D eigenvalue weighted by Gasteiger charge is -2.28. The molecule has 53 heavy (non-hydrogen) atoms. The Balaban J connectivity index is 1.35. The van der Waals surface area contributed by atoms with Crippen molar-refractivity contribution in [2.45, 2.75) is 76.1 Å². The summed E-state index contributed by atoms with van der Waals surface area (Å²) in [5.41, 5.74) is 5.14. The number of carbonyl (C=O) groups excluding carboxylic acids is 1. The number of nitrogens with one attached hydrogen (secondary N) is 1. The lowest BCUT2D eigenvalue weighted by molar-refractivity contribution is -0.0814. The molecule has 0 radical (unpaired) electrons. The second-order valence-electron chi connectivity index (χ2n) is 12.1. The summed E-state index contributed by atoms with van der Waals surface area (Å²) in [6.07, 6.45) is -3.38. The molecule has 0 spiro atoms. The van der Waals surface area contributed by atoms with Crippen molar-refractivity contribution in [3.05, 3.63) is 45.8 Å². The summed E-state index contributed by atoms with van der Waals surface area (Å²) in [5.74, 6) is -0.249. The van der Waals surface area contributed by atoms with Crippen LogP contribution in [-0.4, -0.2) is 122 Å². The van der Waals surface area contributed by atoms with Crippen molar-refractivity contribution in [3.63, 3.8) is 0 Å². The van der Waals surface area contributed by atoms with Crippen LogP contribution in [0.1, 0.15) is 45.6 Å². The topological polar surface area (TPSA) is 273 Å². The number of aliphatic hydroxyl groups excluding tert-OH is 2. The molecule has 2 fully saturated rings. The van der Waals surface area contributed by atoms with Crippen LogP contribution in [0.5, 0.6) is 0 Å². The number of rotatable bonds is 19. The van der Waals surface area contributed by atoms with Gasteiger partial charge in [-0.05, 0) is 5.92 Å². The third kappa shape index (κ3) is 10.0. The van der Waals surface area contributed by atoms with E-state index in [1.54, 1.807) is 4.57 Å². The third-order valence-corrected chi connectivity index (χ3v) is 12.1. The van der Waals surface area contributed by atoms with Crippen molar-refractivity contribution in [2.24, 2.45) is 5.92 Å². The van der Waals surface area contributed by atoms with Gasteiger partial charge in [0.15, 0.2) is 23.6 Å². The molecule has 294 valence electrons. The highest BCUT2D eigenvalue weighted by atomic mass is 32.7. The predicted octanol–water partition coefficient (Wildman–Crippen LogP) is 1.32. The molecule has 23 heteroatoms. The van der Waals surface area contributed by atoms with Crippen LogP contribution in [0.2, 0.25) is 0 Å². The van der Waals surface area contributed by atoms with E-state index in [9.17, 15) is 29.2 Å². The number of aliphatic hydroxyl groups is 2. The number of ether oxygens (including phenoxy) is 6. The molecule has 8 atom stereocenters. The smallest absolute Gasteiger partial charge is 0.434 e. The monoisotopic (exact) mass is 789 g/mol. The van der Waals surface area contributed by atoms with Crippen molar-refractivity contribution in [1.82, 2.24) is 29.1 Å². The molecule has 1 unspecified atom stereocenters. The minimum Gasteiger partial charge on any atom is -0.434 e. The second-order valence-corrected chi connectivity index (χ2v) is 16.0.